The smallest absolute Gasteiger partial charge is 0.312 e. The predicted molar refractivity (Wildman–Crippen MR) is 164 cm³/mol. The fraction of sp³-hybridized carbons (Fsp3) is 0.486. The van der Waals surface area contributed by atoms with Crippen molar-refractivity contribution >= 4 is 11.8 Å². The summed E-state index contributed by atoms with van der Waals surface area (Å²) in [6.07, 6.45) is 3.53. The molecule has 0 bridgehead atoms. The number of piperidine rings is 1. The number of aromatic nitrogens is 1. The number of aryl methyl sites for hydroxylation is 1. The highest BCUT2D eigenvalue weighted by atomic mass is 19.1. The number of carboxylic acids is 1. The number of pyridine rings is 1. The van der Waals surface area contributed by atoms with Gasteiger partial charge in [0.2, 0.25) is 0 Å². The van der Waals surface area contributed by atoms with Crippen LogP contribution >= 0.6 is 0 Å². The first-order valence-electron chi connectivity index (χ1n) is 15.7. The van der Waals surface area contributed by atoms with Crippen molar-refractivity contribution in [3.63, 3.8) is 0 Å². The molecule has 232 valence electrons. The van der Waals surface area contributed by atoms with E-state index in [2.05, 4.69) is 15.9 Å². The maximum Gasteiger partial charge on any atom is 0.312 e. The molecule has 2 aromatic carbocycles. The van der Waals surface area contributed by atoms with Crippen LogP contribution in [-0.2, 0) is 33.8 Å². The summed E-state index contributed by atoms with van der Waals surface area (Å²) in [5, 5.41) is 10.0. The molecule has 8 nitrogen and oxygen atoms in total. The molecule has 1 aromatic heterocycles. The number of fused-ring (bicyclic) bond motifs is 2. The number of rotatable bonds is 9. The molecule has 3 aromatic rings. The SMILES string of the molecule is COC[C@H]1N(c2cccc(-c3cccc(C)c3OCc3cc(F)c4c(c3)CCN(C3CCOCC3)C4)n2)C[C@@H]2C[C@@]21C(=O)O. The van der Waals surface area contributed by atoms with Gasteiger partial charge in [0.05, 0.1) is 23.8 Å². The maximum atomic E-state index is 15.4. The third kappa shape index (κ3) is 5.14. The summed E-state index contributed by atoms with van der Waals surface area (Å²) in [7, 11) is 1.61. The van der Waals surface area contributed by atoms with E-state index in [1.807, 2.05) is 43.3 Å². The number of hydrogen-bond acceptors (Lipinski definition) is 7. The molecule has 0 unspecified atom stereocenters. The van der Waals surface area contributed by atoms with Crippen LogP contribution in [0.4, 0.5) is 10.2 Å². The Kier molecular flexibility index (Phi) is 7.80. The predicted octanol–water partition coefficient (Wildman–Crippen LogP) is 5.24. The summed E-state index contributed by atoms with van der Waals surface area (Å²) in [5.41, 5.74) is 4.47. The first-order valence-corrected chi connectivity index (χ1v) is 15.7. The summed E-state index contributed by atoms with van der Waals surface area (Å²) in [4.78, 5) is 21.7. The van der Waals surface area contributed by atoms with E-state index < -0.39 is 11.4 Å². The zero-order valence-corrected chi connectivity index (χ0v) is 25.4. The highest BCUT2D eigenvalue weighted by molar-refractivity contribution is 5.82. The minimum absolute atomic E-state index is 0.102. The molecule has 0 spiro atoms. The van der Waals surface area contributed by atoms with E-state index >= 15 is 4.39 Å². The van der Waals surface area contributed by atoms with E-state index in [0.29, 0.717) is 37.9 Å². The van der Waals surface area contributed by atoms with Crippen molar-refractivity contribution in [3.8, 4) is 17.0 Å². The van der Waals surface area contributed by atoms with E-state index in [9.17, 15) is 9.90 Å². The number of carbonyl (C=O) groups is 1. The number of halogens is 1. The van der Waals surface area contributed by atoms with Crippen LogP contribution in [0.2, 0.25) is 0 Å². The van der Waals surface area contributed by atoms with Gasteiger partial charge in [0.15, 0.2) is 0 Å². The molecule has 9 heteroatoms. The summed E-state index contributed by atoms with van der Waals surface area (Å²) in [5.74, 6) is 0.626. The van der Waals surface area contributed by atoms with Gasteiger partial charge < -0.3 is 24.2 Å². The number of anilines is 1. The van der Waals surface area contributed by atoms with Crippen LogP contribution < -0.4 is 9.64 Å². The lowest BCUT2D eigenvalue weighted by Gasteiger charge is -2.37. The van der Waals surface area contributed by atoms with Crippen molar-refractivity contribution in [2.45, 2.75) is 57.8 Å². The molecule has 1 saturated carbocycles. The van der Waals surface area contributed by atoms with Crippen LogP contribution in [0.25, 0.3) is 11.3 Å². The van der Waals surface area contributed by atoms with Crippen LogP contribution in [0.5, 0.6) is 5.75 Å². The molecule has 0 radical (unpaired) electrons. The Bertz CT molecular complexity index is 1560. The Morgan fingerprint density at radius 3 is 2.80 bits per heavy atom. The number of methoxy groups -OCH3 is 1. The second-order valence-electron chi connectivity index (χ2n) is 12.8. The molecule has 3 fully saturated rings. The van der Waals surface area contributed by atoms with Gasteiger partial charge in [0, 0.05) is 57.1 Å². The first-order chi connectivity index (χ1) is 21.4. The number of nitrogens with zero attached hydrogens (tertiary/aromatic N) is 3. The number of para-hydroxylation sites is 1. The topological polar surface area (TPSA) is 84.4 Å². The third-order valence-corrected chi connectivity index (χ3v) is 10.2. The highest BCUT2D eigenvalue weighted by Gasteiger charge is 2.71. The third-order valence-electron chi connectivity index (χ3n) is 10.2. The van der Waals surface area contributed by atoms with Gasteiger partial charge in [0.25, 0.3) is 0 Å². The Balaban J connectivity index is 1.10. The lowest BCUT2D eigenvalue weighted by atomic mass is 9.94. The molecule has 3 aliphatic heterocycles. The van der Waals surface area contributed by atoms with E-state index in [0.717, 1.165) is 78.4 Å². The Hall–Kier alpha value is -3.53. The number of ether oxygens (including phenoxy) is 3. The van der Waals surface area contributed by atoms with Gasteiger partial charge >= 0.3 is 5.97 Å². The van der Waals surface area contributed by atoms with Crippen LogP contribution in [-0.4, -0.2) is 73.1 Å². The molecule has 4 aliphatic rings. The molecular weight excluding hydrogens is 561 g/mol. The van der Waals surface area contributed by atoms with Gasteiger partial charge in [-0.15, -0.1) is 0 Å². The summed E-state index contributed by atoms with van der Waals surface area (Å²) >= 11 is 0. The Morgan fingerprint density at radius 2 is 2.00 bits per heavy atom. The van der Waals surface area contributed by atoms with E-state index in [1.54, 1.807) is 13.2 Å². The molecule has 7 rings (SSSR count). The van der Waals surface area contributed by atoms with Crippen LogP contribution in [0.15, 0.2) is 48.5 Å². The highest BCUT2D eigenvalue weighted by Crippen LogP contribution is 2.62. The minimum atomic E-state index is -0.765. The number of carboxylic acid groups (broad SMARTS) is 1. The van der Waals surface area contributed by atoms with Crippen molar-refractivity contribution in [1.29, 1.82) is 0 Å². The van der Waals surface area contributed by atoms with Crippen molar-refractivity contribution < 1.29 is 28.5 Å². The standard InChI is InChI=1S/C35H40FN3O5/c1-22-5-3-6-27(30-7-4-8-32(37-30)39-18-25-17-35(25,34(40)41)31(39)21-42-2)33(22)44-20-23-15-24-9-12-38(19-28(24)29(36)16-23)26-10-13-43-14-11-26/h3-8,15-16,25-26,31H,9-14,17-21H2,1-2H3,(H,40,41)/t25-,31+,35+/m0/s1. The normalized spacial score (nSPS) is 25.0. The van der Waals surface area contributed by atoms with Crippen molar-refractivity contribution in [2.75, 3.05) is 44.9 Å². The summed E-state index contributed by atoms with van der Waals surface area (Å²) in [6, 6.07) is 15.7. The first kappa shape index (κ1) is 29.2. The summed E-state index contributed by atoms with van der Waals surface area (Å²) in [6.45, 7) is 6.37. The average molecular weight is 602 g/mol. The number of hydrogen-bond donors (Lipinski definition) is 1. The monoisotopic (exact) mass is 601 g/mol. The van der Waals surface area contributed by atoms with Crippen LogP contribution in [0, 0.1) is 24.1 Å². The van der Waals surface area contributed by atoms with E-state index in [4.69, 9.17) is 19.2 Å². The van der Waals surface area contributed by atoms with Gasteiger partial charge in [-0.3, -0.25) is 9.69 Å². The lowest BCUT2D eigenvalue weighted by Crippen LogP contribution is -2.43. The molecule has 44 heavy (non-hydrogen) atoms. The number of benzene rings is 2. The quantitative estimate of drug-likeness (QED) is 0.357. The fourth-order valence-electron chi connectivity index (χ4n) is 7.76. The molecule has 1 aliphatic carbocycles. The van der Waals surface area contributed by atoms with Crippen LogP contribution in [0.3, 0.4) is 0 Å². The van der Waals surface area contributed by atoms with Gasteiger partial charge in [-0.25, -0.2) is 9.37 Å². The van der Waals surface area contributed by atoms with Crippen LogP contribution in [0.1, 0.15) is 41.5 Å². The Labute approximate surface area is 257 Å². The lowest BCUT2D eigenvalue weighted by molar-refractivity contribution is -0.144. The van der Waals surface area contributed by atoms with Gasteiger partial charge in [-0.2, -0.15) is 0 Å². The van der Waals surface area contributed by atoms with Crippen molar-refractivity contribution in [1.82, 2.24) is 9.88 Å². The second kappa shape index (κ2) is 11.8. The van der Waals surface area contributed by atoms with E-state index in [1.165, 1.54) is 0 Å². The fourth-order valence-corrected chi connectivity index (χ4v) is 7.76. The average Bonchev–Trinajstić information content (AvgIpc) is 3.69. The minimum Gasteiger partial charge on any atom is -0.488 e. The molecule has 4 heterocycles. The zero-order chi connectivity index (χ0) is 30.4. The number of aliphatic carboxylic acids is 1. The summed E-state index contributed by atoms with van der Waals surface area (Å²) < 4.78 is 32.9. The van der Waals surface area contributed by atoms with Crippen molar-refractivity contribution in [3.05, 3.63) is 76.6 Å². The zero-order valence-electron chi connectivity index (χ0n) is 25.4. The molecular formula is C35H40FN3O5. The molecule has 0 amide bonds. The van der Waals surface area contributed by atoms with Crippen molar-refractivity contribution in [2.24, 2.45) is 11.3 Å². The maximum absolute atomic E-state index is 15.4. The van der Waals surface area contributed by atoms with Gasteiger partial charge in [-0.05, 0) is 79.5 Å². The Morgan fingerprint density at radius 1 is 1.18 bits per heavy atom. The molecule has 2 saturated heterocycles. The van der Waals surface area contributed by atoms with E-state index in [-0.39, 0.29) is 24.4 Å². The van der Waals surface area contributed by atoms with Gasteiger partial charge in [0.1, 0.15) is 24.0 Å². The van der Waals surface area contributed by atoms with Gasteiger partial charge in [-0.1, -0.05) is 24.3 Å². The second-order valence-corrected chi connectivity index (χ2v) is 12.8. The molecule has 3 atom stereocenters. The molecule has 1 N–H and O–H groups in total. The largest absolute Gasteiger partial charge is 0.488 e.